The molecule has 1 atom stereocenters. The van der Waals surface area contributed by atoms with E-state index in [4.69, 9.17) is 4.74 Å². The predicted molar refractivity (Wildman–Crippen MR) is 104 cm³/mol. The van der Waals surface area contributed by atoms with Crippen LogP contribution in [-0.2, 0) is 9.53 Å². The number of hydrogen-bond acceptors (Lipinski definition) is 5. The third kappa shape index (κ3) is 4.68. The molecule has 3 heterocycles. The monoisotopic (exact) mass is 375 g/mol. The van der Waals surface area contributed by atoms with Crippen molar-refractivity contribution in [1.29, 1.82) is 0 Å². The maximum Gasteiger partial charge on any atom is 0.322 e. The zero-order valence-corrected chi connectivity index (χ0v) is 16.2. The summed E-state index contributed by atoms with van der Waals surface area (Å²) in [6.07, 6.45) is 3.14. The molecule has 8 nitrogen and oxygen atoms in total. The molecule has 0 radical (unpaired) electrons. The van der Waals surface area contributed by atoms with Gasteiger partial charge in [-0.15, -0.1) is 0 Å². The number of carbonyl (C=O) groups excluding carboxylic acids is 2. The Hall–Kier alpha value is -2.35. The molecule has 0 saturated carbocycles. The van der Waals surface area contributed by atoms with Crippen LogP contribution < -0.4 is 10.2 Å². The summed E-state index contributed by atoms with van der Waals surface area (Å²) >= 11 is 0. The van der Waals surface area contributed by atoms with Crippen molar-refractivity contribution in [1.82, 2.24) is 14.8 Å². The molecule has 0 aliphatic carbocycles. The average Bonchev–Trinajstić information content (AvgIpc) is 3.24. The molecule has 3 rings (SSSR count). The zero-order valence-electron chi connectivity index (χ0n) is 16.2. The standard InChI is InChI=1S/C19H29N5O3/c1-3-22(4-2)17-8-7-15(14-20-17)21-19(26)24-11-9-23(10-12-24)18(25)16-6-5-13-27-16/h7-8,14,16H,3-6,9-13H2,1-2H3,(H,21,26)/t16-/m0/s1. The SMILES string of the molecule is CCN(CC)c1ccc(NC(=O)N2CCN(C(=O)[C@@H]3CCCO3)CC2)cn1. The van der Waals surface area contributed by atoms with Crippen LogP contribution in [0.2, 0.25) is 0 Å². The van der Waals surface area contributed by atoms with E-state index in [1.807, 2.05) is 12.1 Å². The Morgan fingerprint density at radius 2 is 1.89 bits per heavy atom. The third-order valence-electron chi connectivity index (χ3n) is 5.17. The Labute approximate surface area is 160 Å². The molecule has 0 aromatic carbocycles. The molecule has 1 aromatic heterocycles. The van der Waals surface area contributed by atoms with Gasteiger partial charge in [0, 0.05) is 45.9 Å². The highest BCUT2D eigenvalue weighted by Gasteiger charge is 2.31. The summed E-state index contributed by atoms with van der Waals surface area (Å²) in [7, 11) is 0. The molecule has 1 N–H and O–H groups in total. The van der Waals surface area contributed by atoms with Crippen molar-refractivity contribution in [3.05, 3.63) is 18.3 Å². The Bertz CT molecular complexity index is 633. The molecule has 0 spiro atoms. The number of rotatable bonds is 5. The molecular formula is C19H29N5O3. The predicted octanol–water partition coefficient (Wildman–Crippen LogP) is 1.78. The second-order valence-corrected chi connectivity index (χ2v) is 6.82. The maximum absolute atomic E-state index is 12.5. The van der Waals surface area contributed by atoms with Gasteiger partial charge in [-0.3, -0.25) is 4.79 Å². The van der Waals surface area contributed by atoms with Gasteiger partial charge in [-0.1, -0.05) is 0 Å². The molecule has 2 saturated heterocycles. The van der Waals surface area contributed by atoms with Crippen molar-refractivity contribution in [2.75, 3.05) is 56.1 Å². The molecule has 0 unspecified atom stereocenters. The summed E-state index contributed by atoms with van der Waals surface area (Å²) in [5.41, 5.74) is 0.675. The lowest BCUT2D eigenvalue weighted by molar-refractivity contribution is -0.142. The molecule has 1 aromatic rings. The number of ether oxygens (including phenoxy) is 1. The Morgan fingerprint density at radius 3 is 2.44 bits per heavy atom. The van der Waals surface area contributed by atoms with Crippen LogP contribution in [0.15, 0.2) is 18.3 Å². The van der Waals surface area contributed by atoms with Gasteiger partial charge in [0.15, 0.2) is 0 Å². The average molecular weight is 375 g/mol. The van der Waals surface area contributed by atoms with Crippen LogP contribution in [0, 0.1) is 0 Å². The van der Waals surface area contributed by atoms with Crippen LogP contribution in [0.25, 0.3) is 0 Å². The smallest absolute Gasteiger partial charge is 0.322 e. The highest BCUT2D eigenvalue weighted by atomic mass is 16.5. The van der Waals surface area contributed by atoms with E-state index >= 15 is 0 Å². The van der Waals surface area contributed by atoms with Gasteiger partial charge in [0.05, 0.1) is 11.9 Å². The molecule has 0 bridgehead atoms. The summed E-state index contributed by atoms with van der Waals surface area (Å²) in [5, 5.41) is 2.89. The van der Waals surface area contributed by atoms with Crippen molar-refractivity contribution < 1.29 is 14.3 Å². The number of carbonyl (C=O) groups is 2. The van der Waals surface area contributed by atoms with Crippen LogP contribution in [0.4, 0.5) is 16.3 Å². The van der Waals surface area contributed by atoms with Crippen LogP contribution in [-0.4, -0.2) is 78.7 Å². The molecule has 2 aliphatic heterocycles. The summed E-state index contributed by atoms with van der Waals surface area (Å²) in [6, 6.07) is 3.63. The Kier molecular flexibility index (Phi) is 6.49. The van der Waals surface area contributed by atoms with Crippen LogP contribution in [0.5, 0.6) is 0 Å². The minimum absolute atomic E-state index is 0.0590. The van der Waals surface area contributed by atoms with E-state index in [9.17, 15) is 9.59 Å². The van der Waals surface area contributed by atoms with E-state index in [0.29, 0.717) is 38.5 Å². The van der Waals surface area contributed by atoms with Gasteiger partial charge in [0.25, 0.3) is 5.91 Å². The number of urea groups is 1. The van der Waals surface area contributed by atoms with E-state index in [2.05, 4.69) is 29.0 Å². The summed E-state index contributed by atoms with van der Waals surface area (Å²) in [4.78, 5) is 35.0. The van der Waals surface area contributed by atoms with Gasteiger partial charge in [-0.25, -0.2) is 9.78 Å². The number of nitrogens with one attached hydrogen (secondary N) is 1. The van der Waals surface area contributed by atoms with E-state index in [1.54, 1.807) is 16.0 Å². The largest absolute Gasteiger partial charge is 0.368 e. The van der Waals surface area contributed by atoms with Gasteiger partial charge >= 0.3 is 6.03 Å². The van der Waals surface area contributed by atoms with Crippen LogP contribution in [0.1, 0.15) is 26.7 Å². The van der Waals surface area contributed by atoms with Crippen molar-refractivity contribution in [2.45, 2.75) is 32.8 Å². The Morgan fingerprint density at radius 1 is 1.19 bits per heavy atom. The van der Waals surface area contributed by atoms with Crippen LogP contribution >= 0.6 is 0 Å². The second kappa shape index (κ2) is 9.03. The number of aromatic nitrogens is 1. The van der Waals surface area contributed by atoms with E-state index in [-0.39, 0.29) is 18.0 Å². The fourth-order valence-corrected chi connectivity index (χ4v) is 3.50. The lowest BCUT2D eigenvalue weighted by Gasteiger charge is -2.35. The van der Waals surface area contributed by atoms with E-state index in [0.717, 1.165) is 31.7 Å². The fourth-order valence-electron chi connectivity index (χ4n) is 3.50. The Balaban J connectivity index is 1.48. The van der Waals surface area contributed by atoms with Crippen LogP contribution in [0.3, 0.4) is 0 Å². The minimum atomic E-state index is -0.291. The molecule has 148 valence electrons. The molecule has 2 fully saturated rings. The van der Waals surface area contributed by atoms with Crippen molar-refractivity contribution in [2.24, 2.45) is 0 Å². The first-order valence-corrected chi connectivity index (χ1v) is 9.79. The number of hydrogen-bond donors (Lipinski definition) is 1. The number of anilines is 2. The van der Waals surface area contributed by atoms with Gasteiger partial charge in [0.2, 0.25) is 0 Å². The lowest BCUT2D eigenvalue weighted by Crippen LogP contribution is -2.53. The summed E-state index contributed by atoms with van der Waals surface area (Å²) in [6.45, 7) is 8.77. The van der Waals surface area contributed by atoms with E-state index < -0.39 is 0 Å². The highest BCUT2D eigenvalue weighted by Crippen LogP contribution is 2.17. The first kappa shape index (κ1) is 19.4. The molecule has 3 amide bonds. The highest BCUT2D eigenvalue weighted by molar-refractivity contribution is 5.89. The number of nitrogens with zero attached hydrogens (tertiary/aromatic N) is 4. The summed E-state index contributed by atoms with van der Waals surface area (Å²) in [5.74, 6) is 0.961. The van der Waals surface area contributed by atoms with Gasteiger partial charge in [0.1, 0.15) is 11.9 Å². The van der Waals surface area contributed by atoms with Crippen molar-refractivity contribution in [3.63, 3.8) is 0 Å². The number of pyridine rings is 1. The zero-order chi connectivity index (χ0) is 19.2. The molecule has 8 heteroatoms. The second-order valence-electron chi connectivity index (χ2n) is 6.82. The third-order valence-corrected chi connectivity index (χ3v) is 5.17. The topological polar surface area (TPSA) is 78.0 Å². The first-order chi connectivity index (χ1) is 13.1. The van der Waals surface area contributed by atoms with Crippen molar-refractivity contribution in [3.8, 4) is 0 Å². The maximum atomic E-state index is 12.5. The first-order valence-electron chi connectivity index (χ1n) is 9.79. The summed E-state index contributed by atoms with van der Waals surface area (Å²) < 4.78 is 5.47. The van der Waals surface area contributed by atoms with Crippen molar-refractivity contribution >= 4 is 23.4 Å². The number of amides is 3. The van der Waals surface area contributed by atoms with Gasteiger partial charge in [-0.05, 0) is 38.8 Å². The molecule has 2 aliphatic rings. The van der Waals surface area contributed by atoms with E-state index in [1.165, 1.54) is 0 Å². The number of piperazine rings is 1. The fraction of sp³-hybridized carbons (Fsp3) is 0.632. The quantitative estimate of drug-likeness (QED) is 0.849. The molecular weight excluding hydrogens is 346 g/mol. The minimum Gasteiger partial charge on any atom is -0.368 e. The van der Waals surface area contributed by atoms with Gasteiger partial charge in [-0.2, -0.15) is 0 Å². The molecule has 27 heavy (non-hydrogen) atoms. The normalized spacial score (nSPS) is 19.9. The lowest BCUT2D eigenvalue weighted by atomic mass is 10.2. The van der Waals surface area contributed by atoms with Gasteiger partial charge < -0.3 is 24.8 Å².